The predicted octanol–water partition coefficient (Wildman–Crippen LogP) is 3.71. The van der Waals surface area contributed by atoms with Gasteiger partial charge in [0, 0.05) is 28.1 Å². The van der Waals surface area contributed by atoms with Crippen molar-refractivity contribution in [3.05, 3.63) is 0 Å². The minimum absolute atomic E-state index is 0.134. The van der Waals surface area contributed by atoms with Gasteiger partial charge in [0.25, 0.3) is 0 Å². The number of hydrogen-bond donors (Lipinski definition) is 1. The van der Waals surface area contributed by atoms with Crippen LogP contribution in [0.15, 0.2) is 0 Å². The maximum absolute atomic E-state index is 10.9. The molecule has 0 bridgehead atoms. The first-order valence-electron chi connectivity index (χ1n) is 8.19. The molecule has 116 valence electrons. The van der Waals surface area contributed by atoms with Crippen LogP contribution in [-0.2, 0) is 4.74 Å². The molecule has 5 atom stereocenters. The van der Waals surface area contributed by atoms with E-state index in [1.54, 1.807) is 0 Å². The van der Waals surface area contributed by atoms with E-state index in [4.69, 9.17) is 4.74 Å². The summed E-state index contributed by atoms with van der Waals surface area (Å²) in [6.07, 6.45) is 7.07. The first-order valence-corrected chi connectivity index (χ1v) is 10.2. The van der Waals surface area contributed by atoms with E-state index in [9.17, 15) is 5.11 Å². The summed E-state index contributed by atoms with van der Waals surface area (Å²) in [6.45, 7) is 5.48. The first-order chi connectivity index (χ1) is 9.60. The van der Waals surface area contributed by atoms with E-state index >= 15 is 0 Å². The number of thioether (sulfide) groups is 2. The van der Waals surface area contributed by atoms with Crippen LogP contribution in [0, 0.1) is 5.92 Å². The van der Waals surface area contributed by atoms with E-state index in [0.29, 0.717) is 16.4 Å². The molecule has 4 heteroatoms. The van der Waals surface area contributed by atoms with E-state index in [-0.39, 0.29) is 11.7 Å². The fourth-order valence-corrected chi connectivity index (χ4v) is 7.11. The highest BCUT2D eigenvalue weighted by atomic mass is 32.2. The Morgan fingerprint density at radius 2 is 1.95 bits per heavy atom. The SMILES string of the molecule is CC1SCC(C(O)C2CCOC3(CCCC3)C2)SC1C. The van der Waals surface area contributed by atoms with Crippen LogP contribution >= 0.6 is 23.5 Å². The van der Waals surface area contributed by atoms with Crippen LogP contribution in [0.2, 0.25) is 0 Å². The van der Waals surface area contributed by atoms with Crippen molar-refractivity contribution in [3.8, 4) is 0 Å². The molecule has 3 aliphatic rings. The van der Waals surface area contributed by atoms with Crippen molar-refractivity contribution in [3.63, 3.8) is 0 Å². The lowest BCUT2D eigenvalue weighted by atomic mass is 9.81. The lowest BCUT2D eigenvalue weighted by Gasteiger charge is -2.43. The summed E-state index contributed by atoms with van der Waals surface area (Å²) in [5, 5.41) is 12.7. The summed E-state index contributed by atoms with van der Waals surface area (Å²) in [4.78, 5) is 0. The molecule has 0 aromatic rings. The van der Waals surface area contributed by atoms with Crippen molar-refractivity contribution in [2.45, 2.75) is 79.8 Å². The average molecular weight is 317 g/mol. The number of rotatable bonds is 2. The second-order valence-electron chi connectivity index (χ2n) is 6.90. The third kappa shape index (κ3) is 3.18. The fourth-order valence-electron chi connectivity index (χ4n) is 4.02. The van der Waals surface area contributed by atoms with Gasteiger partial charge in [0.2, 0.25) is 0 Å². The third-order valence-electron chi connectivity index (χ3n) is 5.48. The van der Waals surface area contributed by atoms with Crippen LogP contribution in [0.3, 0.4) is 0 Å². The van der Waals surface area contributed by atoms with E-state index in [2.05, 4.69) is 13.8 Å². The van der Waals surface area contributed by atoms with Gasteiger partial charge in [-0.2, -0.15) is 23.5 Å². The summed E-state index contributed by atoms with van der Waals surface area (Å²) in [5.41, 5.74) is 0.134. The van der Waals surface area contributed by atoms with Gasteiger partial charge in [0.1, 0.15) is 0 Å². The van der Waals surface area contributed by atoms with Crippen LogP contribution in [-0.4, -0.2) is 44.9 Å². The highest BCUT2D eigenvalue weighted by Crippen LogP contribution is 2.45. The molecule has 1 aliphatic carbocycles. The minimum Gasteiger partial charge on any atom is -0.392 e. The van der Waals surface area contributed by atoms with E-state index in [0.717, 1.165) is 30.5 Å². The average Bonchev–Trinajstić information content (AvgIpc) is 2.89. The molecule has 20 heavy (non-hydrogen) atoms. The Balaban J connectivity index is 1.60. The van der Waals surface area contributed by atoms with Gasteiger partial charge in [-0.3, -0.25) is 0 Å². The van der Waals surface area contributed by atoms with Gasteiger partial charge in [0.15, 0.2) is 0 Å². The Labute approximate surface area is 131 Å². The number of ether oxygens (including phenoxy) is 1. The van der Waals surface area contributed by atoms with Crippen molar-refractivity contribution >= 4 is 23.5 Å². The lowest BCUT2D eigenvalue weighted by molar-refractivity contribution is -0.112. The highest BCUT2D eigenvalue weighted by molar-refractivity contribution is 8.07. The monoisotopic (exact) mass is 316 g/mol. The molecule has 1 spiro atoms. The summed E-state index contributed by atoms with van der Waals surface area (Å²) in [5.74, 6) is 1.57. The van der Waals surface area contributed by atoms with Crippen LogP contribution in [0.25, 0.3) is 0 Å². The molecule has 2 saturated heterocycles. The molecule has 2 nitrogen and oxygen atoms in total. The number of aliphatic hydroxyl groups excluding tert-OH is 1. The number of aliphatic hydroxyl groups is 1. The Bertz CT molecular complexity index is 330. The Morgan fingerprint density at radius 1 is 1.20 bits per heavy atom. The van der Waals surface area contributed by atoms with Gasteiger partial charge < -0.3 is 9.84 Å². The normalized spacial score (nSPS) is 42.8. The molecular formula is C16H28O2S2. The van der Waals surface area contributed by atoms with Crippen molar-refractivity contribution in [2.24, 2.45) is 5.92 Å². The van der Waals surface area contributed by atoms with E-state index < -0.39 is 0 Å². The summed E-state index contributed by atoms with van der Waals surface area (Å²) >= 11 is 4.05. The molecule has 2 aliphatic heterocycles. The van der Waals surface area contributed by atoms with Crippen LogP contribution in [0.5, 0.6) is 0 Å². The summed E-state index contributed by atoms with van der Waals surface area (Å²) in [7, 11) is 0. The van der Waals surface area contributed by atoms with E-state index in [1.165, 1.54) is 25.7 Å². The molecule has 0 radical (unpaired) electrons. The molecule has 2 heterocycles. The van der Waals surface area contributed by atoms with Crippen molar-refractivity contribution < 1.29 is 9.84 Å². The third-order valence-corrected chi connectivity index (χ3v) is 8.99. The Kier molecular flexibility index (Phi) is 4.96. The standard InChI is InChI=1S/C16H28O2S2/c1-11-12(2)20-14(10-19-11)15(17)13-5-8-18-16(9-13)6-3-4-7-16/h11-15,17H,3-10H2,1-2H3. The van der Waals surface area contributed by atoms with Crippen molar-refractivity contribution in [1.29, 1.82) is 0 Å². The Hall–Kier alpha value is 0.620. The topological polar surface area (TPSA) is 29.5 Å². The van der Waals surface area contributed by atoms with Gasteiger partial charge in [-0.05, 0) is 31.6 Å². The smallest absolute Gasteiger partial charge is 0.0696 e. The zero-order valence-electron chi connectivity index (χ0n) is 12.7. The van der Waals surface area contributed by atoms with Crippen LogP contribution in [0.4, 0.5) is 0 Å². The highest BCUT2D eigenvalue weighted by Gasteiger charge is 2.44. The van der Waals surface area contributed by atoms with Gasteiger partial charge >= 0.3 is 0 Å². The molecule has 3 fully saturated rings. The second kappa shape index (κ2) is 6.39. The molecule has 0 amide bonds. The fraction of sp³-hybridized carbons (Fsp3) is 1.00. The molecule has 1 saturated carbocycles. The predicted molar refractivity (Wildman–Crippen MR) is 88.6 cm³/mol. The molecular weight excluding hydrogens is 288 g/mol. The quantitative estimate of drug-likeness (QED) is 0.841. The van der Waals surface area contributed by atoms with E-state index in [1.807, 2.05) is 23.5 Å². The maximum atomic E-state index is 10.9. The zero-order valence-corrected chi connectivity index (χ0v) is 14.3. The molecule has 0 aromatic carbocycles. The largest absolute Gasteiger partial charge is 0.392 e. The molecule has 0 aromatic heterocycles. The lowest BCUT2D eigenvalue weighted by Crippen LogP contribution is -2.46. The van der Waals surface area contributed by atoms with Crippen LogP contribution < -0.4 is 0 Å². The van der Waals surface area contributed by atoms with Gasteiger partial charge in [-0.15, -0.1) is 0 Å². The van der Waals surface area contributed by atoms with Gasteiger partial charge in [0.05, 0.1) is 11.7 Å². The first kappa shape index (κ1) is 15.5. The zero-order chi connectivity index (χ0) is 14.2. The molecule has 3 rings (SSSR count). The van der Waals surface area contributed by atoms with Gasteiger partial charge in [-0.25, -0.2) is 0 Å². The van der Waals surface area contributed by atoms with Crippen molar-refractivity contribution in [1.82, 2.24) is 0 Å². The Morgan fingerprint density at radius 3 is 2.65 bits per heavy atom. The molecule has 5 unspecified atom stereocenters. The summed E-state index contributed by atoms with van der Waals surface area (Å²) < 4.78 is 6.11. The second-order valence-corrected chi connectivity index (χ2v) is 9.93. The molecule has 1 N–H and O–H groups in total. The van der Waals surface area contributed by atoms with Crippen LogP contribution in [0.1, 0.15) is 52.4 Å². The maximum Gasteiger partial charge on any atom is 0.0696 e. The van der Waals surface area contributed by atoms with Gasteiger partial charge in [-0.1, -0.05) is 26.7 Å². The number of hydrogen-bond acceptors (Lipinski definition) is 4. The summed E-state index contributed by atoms with van der Waals surface area (Å²) in [6, 6.07) is 0. The minimum atomic E-state index is -0.135. The van der Waals surface area contributed by atoms with Crippen molar-refractivity contribution in [2.75, 3.05) is 12.4 Å².